The molecule has 146 valence electrons. The Morgan fingerprint density at radius 1 is 1.14 bits per heavy atom. The minimum absolute atomic E-state index is 0.122. The number of aromatic nitrogens is 1. The van der Waals surface area contributed by atoms with Crippen LogP contribution in [0.15, 0.2) is 47.3 Å². The van der Waals surface area contributed by atoms with Gasteiger partial charge in [0.25, 0.3) is 5.56 Å². The Labute approximate surface area is 169 Å². The van der Waals surface area contributed by atoms with Crippen molar-refractivity contribution < 1.29 is 4.39 Å². The summed E-state index contributed by atoms with van der Waals surface area (Å²) in [6.45, 7) is 7.53. The number of nitrogens with zero attached hydrogens (tertiary/aromatic N) is 1. The normalized spacial score (nSPS) is 10.9. The molecule has 4 nitrogen and oxygen atoms in total. The van der Waals surface area contributed by atoms with Crippen LogP contribution in [0.4, 0.5) is 4.39 Å². The highest BCUT2D eigenvalue weighted by Crippen LogP contribution is 2.19. The lowest BCUT2D eigenvalue weighted by atomic mass is 10.1. The molecule has 0 bridgehead atoms. The van der Waals surface area contributed by atoms with Crippen LogP contribution in [0.2, 0.25) is 0 Å². The number of rotatable bonds is 5. The van der Waals surface area contributed by atoms with Crippen molar-refractivity contribution >= 4 is 28.2 Å². The van der Waals surface area contributed by atoms with Crippen LogP contribution >= 0.6 is 12.2 Å². The molecular weight excluding hydrogens is 373 g/mol. The van der Waals surface area contributed by atoms with Crippen LogP contribution < -0.4 is 10.9 Å². The van der Waals surface area contributed by atoms with Crippen molar-refractivity contribution in [2.45, 2.75) is 33.9 Å². The van der Waals surface area contributed by atoms with E-state index in [0.717, 1.165) is 27.6 Å². The number of H-pyrrole nitrogens is 1. The van der Waals surface area contributed by atoms with E-state index in [9.17, 15) is 9.18 Å². The molecule has 0 saturated carbocycles. The third-order valence-electron chi connectivity index (χ3n) is 4.63. The summed E-state index contributed by atoms with van der Waals surface area (Å²) in [5.74, 6) is -0.277. The summed E-state index contributed by atoms with van der Waals surface area (Å²) in [7, 11) is 0. The second-order valence-corrected chi connectivity index (χ2v) is 7.37. The van der Waals surface area contributed by atoms with Crippen LogP contribution in [0, 0.1) is 19.7 Å². The van der Waals surface area contributed by atoms with Gasteiger partial charge in [-0.15, -0.1) is 0 Å². The highest BCUT2D eigenvalue weighted by molar-refractivity contribution is 7.80. The molecule has 2 N–H and O–H groups in total. The molecule has 0 unspecified atom stereocenters. The van der Waals surface area contributed by atoms with Crippen molar-refractivity contribution in [1.82, 2.24) is 15.2 Å². The molecule has 6 heteroatoms. The van der Waals surface area contributed by atoms with Gasteiger partial charge in [-0.25, -0.2) is 4.39 Å². The topological polar surface area (TPSA) is 48.1 Å². The Morgan fingerprint density at radius 3 is 2.54 bits per heavy atom. The number of benzene rings is 2. The lowest BCUT2D eigenvalue weighted by Crippen LogP contribution is -2.39. The number of hydrogen-bond acceptors (Lipinski definition) is 2. The molecule has 0 fully saturated rings. The van der Waals surface area contributed by atoms with E-state index >= 15 is 0 Å². The third kappa shape index (κ3) is 4.57. The highest BCUT2D eigenvalue weighted by atomic mass is 32.1. The summed E-state index contributed by atoms with van der Waals surface area (Å²) in [5.41, 5.74) is 4.49. The highest BCUT2D eigenvalue weighted by Gasteiger charge is 2.14. The second kappa shape index (κ2) is 8.52. The Kier molecular flexibility index (Phi) is 6.09. The molecule has 0 atom stereocenters. The first-order valence-corrected chi connectivity index (χ1v) is 9.68. The standard InChI is InChI=1S/C22H24FN3OS/c1-4-24-22(28)26(12-16-5-7-19(23)8-6-16)13-18-11-17-10-14(2)9-15(3)20(17)25-21(18)27/h5-11H,4,12-13H2,1-3H3,(H,24,28)(H,25,27). The molecule has 0 saturated heterocycles. The van der Waals surface area contributed by atoms with Gasteiger partial charge in [0, 0.05) is 18.7 Å². The van der Waals surface area contributed by atoms with Crippen molar-refractivity contribution in [2.75, 3.05) is 6.54 Å². The van der Waals surface area contributed by atoms with Gasteiger partial charge in [-0.3, -0.25) is 4.79 Å². The summed E-state index contributed by atoms with van der Waals surface area (Å²) in [6, 6.07) is 12.4. The number of aryl methyl sites for hydroxylation is 2. The Bertz CT molecular complexity index is 1060. The average Bonchev–Trinajstić information content (AvgIpc) is 2.64. The fraction of sp³-hybridized carbons (Fsp3) is 0.273. The van der Waals surface area contributed by atoms with Crippen LogP contribution in [0.3, 0.4) is 0 Å². The van der Waals surface area contributed by atoms with E-state index in [2.05, 4.69) is 22.4 Å². The number of hydrogen-bond donors (Lipinski definition) is 2. The summed E-state index contributed by atoms with van der Waals surface area (Å²) < 4.78 is 13.2. The van der Waals surface area contributed by atoms with Crippen LogP contribution in [0.1, 0.15) is 29.2 Å². The quantitative estimate of drug-likeness (QED) is 0.634. The predicted octanol–water partition coefficient (Wildman–Crippen LogP) is 4.18. The molecule has 1 aromatic heterocycles. The number of aromatic amines is 1. The SMILES string of the molecule is CCNC(=S)N(Cc1ccc(F)cc1)Cc1cc2cc(C)cc(C)c2[nH]c1=O. The molecule has 1 heterocycles. The Hall–Kier alpha value is -2.73. The molecule has 0 aliphatic heterocycles. The van der Waals surface area contributed by atoms with Gasteiger partial charge in [0.2, 0.25) is 0 Å². The van der Waals surface area contributed by atoms with Crippen molar-refractivity contribution in [3.63, 3.8) is 0 Å². The maximum absolute atomic E-state index is 13.2. The first-order chi connectivity index (χ1) is 13.4. The minimum atomic E-state index is -0.277. The Balaban J connectivity index is 1.95. The Morgan fingerprint density at radius 2 is 1.86 bits per heavy atom. The molecule has 0 amide bonds. The van der Waals surface area contributed by atoms with E-state index in [1.165, 1.54) is 12.1 Å². The van der Waals surface area contributed by atoms with E-state index < -0.39 is 0 Å². The zero-order valence-corrected chi connectivity index (χ0v) is 17.1. The molecule has 28 heavy (non-hydrogen) atoms. The summed E-state index contributed by atoms with van der Waals surface area (Å²) in [4.78, 5) is 17.6. The van der Waals surface area contributed by atoms with Crippen LogP contribution in [-0.2, 0) is 13.1 Å². The summed E-state index contributed by atoms with van der Waals surface area (Å²) in [5, 5.41) is 4.71. The molecule has 3 rings (SSSR count). The molecular formula is C22H24FN3OS. The minimum Gasteiger partial charge on any atom is -0.363 e. The van der Waals surface area contributed by atoms with E-state index in [-0.39, 0.29) is 11.4 Å². The molecule has 0 spiro atoms. The van der Waals surface area contributed by atoms with Crippen molar-refractivity contribution in [3.8, 4) is 0 Å². The van der Waals surface area contributed by atoms with Gasteiger partial charge in [-0.2, -0.15) is 0 Å². The fourth-order valence-electron chi connectivity index (χ4n) is 3.33. The third-order valence-corrected chi connectivity index (χ3v) is 5.04. The number of fused-ring (bicyclic) bond motifs is 1. The zero-order valence-electron chi connectivity index (χ0n) is 16.3. The lowest BCUT2D eigenvalue weighted by Gasteiger charge is -2.26. The largest absolute Gasteiger partial charge is 0.363 e. The van der Waals surface area contributed by atoms with E-state index in [0.29, 0.717) is 30.3 Å². The monoisotopic (exact) mass is 397 g/mol. The van der Waals surface area contributed by atoms with Crippen LogP contribution in [-0.4, -0.2) is 21.5 Å². The van der Waals surface area contributed by atoms with Gasteiger partial charge >= 0.3 is 0 Å². The van der Waals surface area contributed by atoms with Gasteiger partial charge in [0.15, 0.2) is 5.11 Å². The maximum Gasteiger partial charge on any atom is 0.253 e. The smallest absolute Gasteiger partial charge is 0.253 e. The van der Waals surface area contributed by atoms with E-state index in [4.69, 9.17) is 12.2 Å². The summed E-state index contributed by atoms with van der Waals surface area (Å²) >= 11 is 5.51. The number of thiocarbonyl (C=S) groups is 1. The molecule has 2 aromatic carbocycles. The van der Waals surface area contributed by atoms with Crippen molar-refractivity contribution in [2.24, 2.45) is 0 Å². The lowest BCUT2D eigenvalue weighted by molar-refractivity contribution is 0.398. The van der Waals surface area contributed by atoms with Gasteiger partial charge in [0.05, 0.1) is 12.1 Å². The molecule has 0 radical (unpaired) electrons. The van der Waals surface area contributed by atoms with Gasteiger partial charge in [0.1, 0.15) is 5.82 Å². The maximum atomic E-state index is 13.2. The zero-order chi connectivity index (χ0) is 20.3. The number of pyridine rings is 1. The predicted molar refractivity (Wildman–Crippen MR) is 116 cm³/mol. The number of halogens is 1. The molecule has 0 aliphatic rings. The first kappa shape index (κ1) is 20.0. The van der Waals surface area contributed by atoms with E-state index in [1.54, 1.807) is 12.1 Å². The van der Waals surface area contributed by atoms with Crippen molar-refractivity contribution in [1.29, 1.82) is 0 Å². The fourth-order valence-corrected chi connectivity index (χ4v) is 3.60. The van der Waals surface area contributed by atoms with Gasteiger partial charge in [-0.1, -0.05) is 23.8 Å². The summed E-state index contributed by atoms with van der Waals surface area (Å²) in [6.07, 6.45) is 0. The molecule has 3 aromatic rings. The second-order valence-electron chi connectivity index (χ2n) is 6.99. The molecule has 0 aliphatic carbocycles. The van der Waals surface area contributed by atoms with Gasteiger partial charge < -0.3 is 15.2 Å². The van der Waals surface area contributed by atoms with Crippen molar-refractivity contribution in [3.05, 3.63) is 80.9 Å². The van der Waals surface area contributed by atoms with Crippen LogP contribution in [0.25, 0.3) is 10.9 Å². The number of nitrogens with one attached hydrogen (secondary N) is 2. The van der Waals surface area contributed by atoms with Crippen LogP contribution in [0.5, 0.6) is 0 Å². The van der Waals surface area contributed by atoms with E-state index in [1.807, 2.05) is 31.7 Å². The first-order valence-electron chi connectivity index (χ1n) is 9.27. The van der Waals surface area contributed by atoms with Gasteiger partial charge in [-0.05, 0) is 73.8 Å². The average molecular weight is 398 g/mol.